The quantitative estimate of drug-likeness (QED) is 0.296. The summed E-state index contributed by atoms with van der Waals surface area (Å²) in [5.41, 5.74) is 0. The molecule has 0 aliphatic rings. The van der Waals surface area contributed by atoms with Gasteiger partial charge in [-0.05, 0) is 13.3 Å². The average molecular weight is 395 g/mol. The molecule has 0 aliphatic heterocycles. The summed E-state index contributed by atoms with van der Waals surface area (Å²) in [6.45, 7) is 7.72. The number of hydrogen-bond donors (Lipinski definition) is 6. The van der Waals surface area contributed by atoms with Crippen LogP contribution in [0.1, 0.15) is 34.1 Å². The van der Waals surface area contributed by atoms with Crippen LogP contribution in [-0.2, 0) is 19.2 Å². The minimum absolute atomic E-state index is 0.174. The van der Waals surface area contributed by atoms with E-state index >= 15 is 0 Å². The maximum Gasteiger partial charge on any atom is 0.243 e. The number of amides is 4. The number of thiol groups is 2. The largest absolute Gasteiger partial charge is 0.355 e. The van der Waals surface area contributed by atoms with E-state index in [0.717, 1.165) is 6.42 Å². The van der Waals surface area contributed by atoms with Crippen molar-refractivity contribution in [1.82, 2.24) is 21.3 Å². The van der Waals surface area contributed by atoms with Crippen LogP contribution in [0.2, 0.25) is 0 Å². The first kappa shape index (κ1) is 25.8. The Balaban J connectivity index is 0. The van der Waals surface area contributed by atoms with E-state index in [9.17, 15) is 19.2 Å². The first-order chi connectivity index (χ1) is 11.7. The van der Waals surface area contributed by atoms with Gasteiger partial charge in [0.1, 0.15) is 12.1 Å². The van der Waals surface area contributed by atoms with Crippen LogP contribution in [0.15, 0.2) is 0 Å². The van der Waals surface area contributed by atoms with E-state index in [4.69, 9.17) is 0 Å². The maximum atomic E-state index is 11.3. The second-order valence-electron chi connectivity index (χ2n) is 5.06. The number of carbonyl (C=O) groups is 4. The normalized spacial score (nSPS) is 11.9. The molecule has 0 rings (SSSR count). The van der Waals surface area contributed by atoms with Crippen LogP contribution in [0.3, 0.4) is 0 Å². The molecule has 0 heterocycles. The molecule has 0 fully saturated rings. The summed E-state index contributed by atoms with van der Waals surface area (Å²) in [5, 5.41) is 10.3. The van der Waals surface area contributed by atoms with E-state index in [1.807, 2.05) is 13.8 Å². The Hall–Kier alpha value is -1.42. The fraction of sp³-hybridized carbons (Fsp3) is 0.733. The Morgan fingerprint density at radius 2 is 1.20 bits per heavy atom. The van der Waals surface area contributed by atoms with Crippen molar-refractivity contribution < 1.29 is 19.2 Å². The van der Waals surface area contributed by atoms with Crippen molar-refractivity contribution >= 4 is 48.9 Å². The highest BCUT2D eigenvalue weighted by atomic mass is 32.1. The Morgan fingerprint density at radius 1 is 0.800 bits per heavy atom. The minimum atomic E-state index is -0.522. The van der Waals surface area contributed by atoms with E-state index < -0.39 is 12.1 Å². The molecule has 0 radical (unpaired) electrons. The molecule has 0 aromatic rings. The Bertz CT molecular complexity index is 436. The third kappa shape index (κ3) is 14.6. The molecule has 0 spiro atoms. The van der Waals surface area contributed by atoms with Gasteiger partial charge in [0.05, 0.1) is 0 Å². The predicted molar refractivity (Wildman–Crippen MR) is 105 cm³/mol. The summed E-state index contributed by atoms with van der Waals surface area (Å²) in [6.07, 6.45) is 0.880. The molecule has 0 aromatic heterocycles. The molecule has 0 aromatic carbocycles. The standard InChI is InChI=1S/C8H16N2O2S.C7H14N2O2S/c1-3-4-9-8(12)7(5-13)10-6(2)11;1-3-8-7(11)6(4-12)9-5(2)10/h7,13H,3-5H2,1-2H3,(H,9,12)(H,10,11);6,12H,3-4H2,1-2H3,(H,8,11)(H,9,10)/t;6-/m.0/s1. The number of nitrogens with one attached hydrogen (secondary N) is 4. The van der Waals surface area contributed by atoms with Gasteiger partial charge in [0.25, 0.3) is 0 Å². The lowest BCUT2D eigenvalue weighted by Crippen LogP contribution is -2.47. The molecule has 0 bridgehead atoms. The van der Waals surface area contributed by atoms with Crippen molar-refractivity contribution in [2.45, 2.75) is 46.2 Å². The van der Waals surface area contributed by atoms with Crippen molar-refractivity contribution in [2.24, 2.45) is 0 Å². The maximum absolute atomic E-state index is 11.3. The Morgan fingerprint density at radius 3 is 1.48 bits per heavy atom. The van der Waals surface area contributed by atoms with Crippen molar-refractivity contribution in [3.63, 3.8) is 0 Å². The third-order valence-electron chi connectivity index (χ3n) is 2.65. The second-order valence-corrected chi connectivity index (χ2v) is 5.79. The third-order valence-corrected chi connectivity index (χ3v) is 3.38. The van der Waals surface area contributed by atoms with Crippen LogP contribution in [0.4, 0.5) is 0 Å². The zero-order valence-electron chi connectivity index (χ0n) is 15.2. The molecule has 0 saturated heterocycles. The first-order valence-corrected chi connectivity index (χ1v) is 9.31. The van der Waals surface area contributed by atoms with Gasteiger partial charge in [0.2, 0.25) is 23.6 Å². The molecule has 10 heteroatoms. The summed E-state index contributed by atoms with van der Waals surface area (Å²) in [7, 11) is 0. The molecular weight excluding hydrogens is 364 g/mol. The Kier molecular flexibility index (Phi) is 16.6. The van der Waals surface area contributed by atoms with Gasteiger partial charge in [-0.2, -0.15) is 25.3 Å². The Labute approximate surface area is 160 Å². The fourth-order valence-electron chi connectivity index (χ4n) is 1.55. The van der Waals surface area contributed by atoms with E-state index in [-0.39, 0.29) is 23.6 Å². The summed E-state index contributed by atoms with van der Waals surface area (Å²) in [5.74, 6) is -0.179. The average Bonchev–Trinajstić information content (AvgIpc) is 2.55. The minimum Gasteiger partial charge on any atom is -0.355 e. The van der Waals surface area contributed by atoms with E-state index in [2.05, 4.69) is 46.5 Å². The molecule has 1 unspecified atom stereocenters. The summed E-state index contributed by atoms with van der Waals surface area (Å²) < 4.78 is 0. The predicted octanol–water partition coefficient (Wildman–Crippen LogP) is -0.496. The van der Waals surface area contributed by atoms with E-state index in [0.29, 0.717) is 24.6 Å². The highest BCUT2D eigenvalue weighted by Gasteiger charge is 2.16. The first-order valence-electron chi connectivity index (χ1n) is 8.04. The van der Waals surface area contributed by atoms with Crippen LogP contribution in [0.5, 0.6) is 0 Å². The number of likely N-dealkylation sites (N-methyl/N-ethyl adjacent to an activating group) is 1. The molecule has 25 heavy (non-hydrogen) atoms. The SMILES string of the molecule is CCCNC(=O)C(CS)NC(C)=O.CCNC(=O)[C@H](CS)NC(C)=O. The van der Waals surface area contributed by atoms with Crippen LogP contribution in [0, 0.1) is 0 Å². The van der Waals surface area contributed by atoms with Gasteiger partial charge in [-0.25, -0.2) is 0 Å². The molecule has 0 aliphatic carbocycles. The van der Waals surface area contributed by atoms with Gasteiger partial charge in [0.15, 0.2) is 0 Å². The number of rotatable bonds is 9. The highest BCUT2D eigenvalue weighted by Crippen LogP contribution is 1.89. The summed E-state index contributed by atoms with van der Waals surface area (Å²) in [6, 6.07) is -1.04. The summed E-state index contributed by atoms with van der Waals surface area (Å²) in [4.78, 5) is 43.7. The zero-order chi connectivity index (χ0) is 19.8. The number of carbonyl (C=O) groups excluding carboxylic acids is 4. The molecule has 8 nitrogen and oxygen atoms in total. The van der Waals surface area contributed by atoms with E-state index in [1.165, 1.54) is 13.8 Å². The lowest BCUT2D eigenvalue weighted by molar-refractivity contribution is -0.127. The zero-order valence-corrected chi connectivity index (χ0v) is 17.0. The van der Waals surface area contributed by atoms with Gasteiger partial charge in [-0.15, -0.1) is 0 Å². The molecule has 4 amide bonds. The van der Waals surface area contributed by atoms with Crippen LogP contribution >= 0.6 is 25.3 Å². The molecule has 146 valence electrons. The van der Waals surface area contributed by atoms with Crippen molar-refractivity contribution in [1.29, 1.82) is 0 Å². The fourth-order valence-corrected chi connectivity index (χ4v) is 2.06. The van der Waals surface area contributed by atoms with Gasteiger partial charge >= 0.3 is 0 Å². The monoisotopic (exact) mass is 394 g/mol. The highest BCUT2D eigenvalue weighted by molar-refractivity contribution is 7.80. The molecule has 0 saturated carbocycles. The van der Waals surface area contributed by atoms with Gasteiger partial charge in [0, 0.05) is 38.4 Å². The lowest BCUT2D eigenvalue weighted by atomic mass is 10.3. The van der Waals surface area contributed by atoms with Gasteiger partial charge < -0.3 is 21.3 Å². The van der Waals surface area contributed by atoms with Crippen LogP contribution < -0.4 is 21.3 Å². The molecule has 4 N–H and O–H groups in total. The van der Waals surface area contributed by atoms with Crippen molar-refractivity contribution in [3.05, 3.63) is 0 Å². The van der Waals surface area contributed by atoms with Crippen LogP contribution in [0.25, 0.3) is 0 Å². The summed E-state index contributed by atoms with van der Waals surface area (Å²) >= 11 is 7.92. The smallest absolute Gasteiger partial charge is 0.243 e. The van der Waals surface area contributed by atoms with Gasteiger partial charge in [-0.1, -0.05) is 6.92 Å². The van der Waals surface area contributed by atoms with E-state index in [1.54, 1.807) is 0 Å². The number of hydrogen-bond acceptors (Lipinski definition) is 6. The van der Waals surface area contributed by atoms with Crippen molar-refractivity contribution in [3.8, 4) is 0 Å². The van der Waals surface area contributed by atoms with Crippen molar-refractivity contribution in [2.75, 3.05) is 24.6 Å². The van der Waals surface area contributed by atoms with Crippen LogP contribution in [-0.4, -0.2) is 60.3 Å². The second kappa shape index (κ2) is 16.1. The molecular formula is C15H30N4O4S2. The lowest BCUT2D eigenvalue weighted by Gasteiger charge is -2.14. The molecule has 2 atom stereocenters. The topological polar surface area (TPSA) is 116 Å². The van der Waals surface area contributed by atoms with Gasteiger partial charge in [-0.3, -0.25) is 19.2 Å².